The van der Waals surface area contributed by atoms with Crippen LogP contribution in [0.5, 0.6) is 5.75 Å². The lowest BCUT2D eigenvalue weighted by molar-refractivity contribution is 0.102. The summed E-state index contributed by atoms with van der Waals surface area (Å²) in [5, 5.41) is 6.43. The fourth-order valence-corrected chi connectivity index (χ4v) is 2.39. The van der Waals surface area contributed by atoms with E-state index >= 15 is 0 Å². The smallest absolute Gasteiger partial charge is 0.259 e. The number of anilines is 1. The maximum absolute atomic E-state index is 13.7. The summed E-state index contributed by atoms with van der Waals surface area (Å²) in [6.07, 6.45) is 0. The molecule has 0 unspecified atom stereocenters. The van der Waals surface area contributed by atoms with Crippen molar-refractivity contribution >= 4 is 11.6 Å². The first-order valence-electron chi connectivity index (χ1n) is 7.75. The minimum atomic E-state index is -0.495. The van der Waals surface area contributed by atoms with Gasteiger partial charge in [-0.2, -0.15) is 0 Å². The number of carbonyl (C=O) groups is 1. The van der Waals surface area contributed by atoms with Gasteiger partial charge in [0, 0.05) is 0 Å². The van der Waals surface area contributed by atoms with Gasteiger partial charge < -0.3 is 14.6 Å². The minimum absolute atomic E-state index is 0.119. The van der Waals surface area contributed by atoms with Gasteiger partial charge in [-0.3, -0.25) is 4.79 Å². The number of aromatic nitrogens is 1. The highest BCUT2D eigenvalue weighted by Crippen LogP contribution is 2.23. The predicted molar refractivity (Wildman–Crippen MR) is 91.1 cm³/mol. The van der Waals surface area contributed by atoms with Crippen molar-refractivity contribution in [1.82, 2.24) is 5.16 Å². The fourth-order valence-electron chi connectivity index (χ4n) is 2.39. The molecular weight excluding hydrogens is 323 g/mol. The Bertz CT molecular complexity index is 886. The number of hydrogen-bond donors (Lipinski definition) is 1. The second-order valence-corrected chi connectivity index (χ2v) is 5.52. The maximum Gasteiger partial charge on any atom is 0.259 e. The molecular formula is C19H17FN2O3. The Morgan fingerprint density at radius 1 is 1.16 bits per heavy atom. The molecule has 0 aliphatic heterocycles. The quantitative estimate of drug-likeness (QED) is 0.754. The van der Waals surface area contributed by atoms with E-state index in [9.17, 15) is 9.18 Å². The van der Waals surface area contributed by atoms with E-state index in [1.165, 1.54) is 12.1 Å². The number of nitrogens with zero attached hydrogens (tertiary/aromatic N) is 1. The molecule has 0 aliphatic rings. The van der Waals surface area contributed by atoms with Gasteiger partial charge in [-0.25, -0.2) is 4.39 Å². The number of nitrogens with one attached hydrogen (secondary N) is 1. The Morgan fingerprint density at radius 2 is 1.88 bits per heavy atom. The van der Waals surface area contributed by atoms with Crippen LogP contribution in [0.4, 0.5) is 10.1 Å². The lowest BCUT2D eigenvalue weighted by Gasteiger charge is -2.12. The van der Waals surface area contributed by atoms with Gasteiger partial charge in [0.1, 0.15) is 23.9 Å². The molecule has 3 rings (SSSR count). The van der Waals surface area contributed by atoms with Crippen LogP contribution < -0.4 is 10.1 Å². The van der Waals surface area contributed by atoms with Gasteiger partial charge in [0.2, 0.25) is 0 Å². The van der Waals surface area contributed by atoms with E-state index in [0.717, 1.165) is 11.3 Å². The molecule has 1 N–H and O–H groups in total. The van der Waals surface area contributed by atoms with Gasteiger partial charge in [0.05, 0.1) is 22.5 Å². The molecule has 0 atom stereocenters. The normalized spacial score (nSPS) is 10.5. The van der Waals surface area contributed by atoms with Crippen molar-refractivity contribution in [1.29, 1.82) is 0 Å². The van der Waals surface area contributed by atoms with E-state index < -0.39 is 11.7 Å². The molecule has 0 saturated heterocycles. The molecule has 1 amide bonds. The minimum Gasteiger partial charge on any atom is -0.488 e. The highest BCUT2D eigenvalue weighted by molar-refractivity contribution is 6.06. The third-order valence-electron chi connectivity index (χ3n) is 3.81. The zero-order valence-electron chi connectivity index (χ0n) is 13.9. The zero-order valence-corrected chi connectivity index (χ0v) is 13.9. The summed E-state index contributed by atoms with van der Waals surface area (Å²) in [4.78, 5) is 12.5. The molecule has 0 aliphatic carbocycles. The van der Waals surface area contributed by atoms with Crippen LogP contribution in [-0.4, -0.2) is 11.1 Å². The lowest BCUT2D eigenvalue weighted by atomic mass is 10.1. The predicted octanol–water partition coefficient (Wildman–Crippen LogP) is 4.26. The van der Waals surface area contributed by atoms with E-state index in [0.29, 0.717) is 17.1 Å². The number of para-hydroxylation sites is 2. The summed E-state index contributed by atoms with van der Waals surface area (Å²) in [6, 6.07) is 12.8. The molecule has 1 aromatic heterocycles. The van der Waals surface area contributed by atoms with Crippen LogP contribution in [0.25, 0.3) is 0 Å². The van der Waals surface area contributed by atoms with Gasteiger partial charge in [-0.1, -0.05) is 29.4 Å². The number of hydrogen-bond acceptors (Lipinski definition) is 4. The van der Waals surface area contributed by atoms with Gasteiger partial charge in [0.15, 0.2) is 0 Å². The topological polar surface area (TPSA) is 64.4 Å². The SMILES string of the molecule is Cc1noc(C)c1COc1ccccc1C(=O)Nc1ccccc1F. The molecule has 128 valence electrons. The number of aryl methyl sites for hydroxylation is 2. The van der Waals surface area contributed by atoms with Gasteiger partial charge >= 0.3 is 0 Å². The molecule has 0 bridgehead atoms. The van der Waals surface area contributed by atoms with Crippen molar-refractivity contribution in [2.45, 2.75) is 20.5 Å². The standard InChI is InChI=1S/C19H17FN2O3/c1-12-15(13(2)25-22-12)11-24-18-10-6-3-7-14(18)19(23)21-17-9-5-4-8-16(17)20/h3-10H,11H2,1-2H3,(H,21,23). The first-order valence-corrected chi connectivity index (χ1v) is 7.75. The van der Waals surface area contributed by atoms with Crippen LogP contribution in [0.2, 0.25) is 0 Å². The molecule has 0 fully saturated rings. The third-order valence-corrected chi connectivity index (χ3v) is 3.81. The zero-order chi connectivity index (χ0) is 17.8. The maximum atomic E-state index is 13.7. The Labute approximate surface area is 144 Å². The van der Waals surface area contributed by atoms with E-state index in [2.05, 4.69) is 10.5 Å². The summed E-state index contributed by atoms with van der Waals surface area (Å²) >= 11 is 0. The molecule has 2 aromatic carbocycles. The molecule has 3 aromatic rings. The molecule has 25 heavy (non-hydrogen) atoms. The third kappa shape index (κ3) is 3.68. The number of rotatable bonds is 5. The summed E-state index contributed by atoms with van der Waals surface area (Å²) in [7, 11) is 0. The highest BCUT2D eigenvalue weighted by Gasteiger charge is 2.16. The fraction of sp³-hybridized carbons (Fsp3) is 0.158. The summed E-state index contributed by atoms with van der Waals surface area (Å²) in [5.74, 6) is 0.131. The number of amides is 1. The monoisotopic (exact) mass is 340 g/mol. The van der Waals surface area contributed by atoms with Crippen LogP contribution in [-0.2, 0) is 6.61 Å². The second kappa shape index (κ2) is 7.17. The van der Waals surface area contributed by atoms with Gasteiger partial charge in [-0.15, -0.1) is 0 Å². The van der Waals surface area contributed by atoms with Crippen LogP contribution >= 0.6 is 0 Å². The van der Waals surface area contributed by atoms with Gasteiger partial charge in [-0.05, 0) is 38.1 Å². The van der Waals surface area contributed by atoms with E-state index in [1.807, 2.05) is 6.92 Å². The highest BCUT2D eigenvalue weighted by atomic mass is 19.1. The average Bonchev–Trinajstić information content (AvgIpc) is 2.93. The second-order valence-electron chi connectivity index (χ2n) is 5.52. The first-order chi connectivity index (χ1) is 12.1. The largest absolute Gasteiger partial charge is 0.488 e. The van der Waals surface area contributed by atoms with Gasteiger partial charge in [0.25, 0.3) is 5.91 Å². The van der Waals surface area contributed by atoms with Crippen molar-refractivity contribution in [3.8, 4) is 5.75 Å². The van der Waals surface area contributed by atoms with Crippen molar-refractivity contribution < 1.29 is 18.4 Å². The Kier molecular flexibility index (Phi) is 4.79. The van der Waals surface area contributed by atoms with E-state index in [-0.39, 0.29) is 12.3 Å². The van der Waals surface area contributed by atoms with E-state index in [4.69, 9.17) is 9.26 Å². The summed E-state index contributed by atoms with van der Waals surface area (Å²) < 4.78 is 24.6. The number of ether oxygens (including phenoxy) is 1. The Balaban J connectivity index is 1.79. The Morgan fingerprint density at radius 3 is 2.60 bits per heavy atom. The van der Waals surface area contributed by atoms with Crippen LogP contribution in [0.15, 0.2) is 53.1 Å². The van der Waals surface area contributed by atoms with Crippen molar-refractivity contribution in [2.75, 3.05) is 5.32 Å². The van der Waals surface area contributed by atoms with Crippen molar-refractivity contribution in [2.24, 2.45) is 0 Å². The molecule has 0 radical (unpaired) electrons. The van der Waals surface area contributed by atoms with E-state index in [1.54, 1.807) is 43.3 Å². The summed E-state index contributed by atoms with van der Waals surface area (Å²) in [5.41, 5.74) is 2.01. The van der Waals surface area contributed by atoms with Crippen molar-refractivity contribution in [3.05, 3.63) is 76.9 Å². The summed E-state index contributed by atoms with van der Waals surface area (Å²) in [6.45, 7) is 3.85. The average molecular weight is 340 g/mol. The molecule has 1 heterocycles. The van der Waals surface area contributed by atoms with Crippen LogP contribution in [0.3, 0.4) is 0 Å². The number of carbonyl (C=O) groups excluding carboxylic acids is 1. The molecule has 0 spiro atoms. The van der Waals surface area contributed by atoms with Crippen LogP contribution in [0, 0.1) is 19.7 Å². The first kappa shape index (κ1) is 16.7. The Hall–Kier alpha value is -3.15. The lowest BCUT2D eigenvalue weighted by Crippen LogP contribution is -2.14. The van der Waals surface area contributed by atoms with Crippen molar-refractivity contribution in [3.63, 3.8) is 0 Å². The number of halogens is 1. The number of benzene rings is 2. The molecule has 6 heteroatoms. The molecule has 5 nitrogen and oxygen atoms in total. The molecule has 0 saturated carbocycles. The van der Waals surface area contributed by atoms with Crippen LogP contribution in [0.1, 0.15) is 27.4 Å².